The Kier molecular flexibility index (Phi) is 4.53. The summed E-state index contributed by atoms with van der Waals surface area (Å²) in [5, 5.41) is 4.43. The molecule has 0 aliphatic carbocycles. The average Bonchev–Trinajstić information content (AvgIpc) is 2.41. The number of benzene rings is 1. The molecule has 18 heavy (non-hydrogen) atoms. The van der Waals surface area contributed by atoms with Gasteiger partial charge in [-0.25, -0.2) is 0 Å². The van der Waals surface area contributed by atoms with E-state index in [0.29, 0.717) is 10.0 Å². The van der Waals surface area contributed by atoms with Crippen molar-refractivity contribution in [1.82, 2.24) is 15.3 Å². The van der Waals surface area contributed by atoms with E-state index in [1.54, 1.807) is 24.7 Å². The van der Waals surface area contributed by atoms with Crippen LogP contribution in [0.4, 0.5) is 0 Å². The Morgan fingerprint density at radius 1 is 1.28 bits per heavy atom. The first-order valence-electron chi connectivity index (χ1n) is 5.67. The van der Waals surface area contributed by atoms with Gasteiger partial charge in [-0.3, -0.25) is 9.97 Å². The quantitative estimate of drug-likeness (QED) is 0.932. The molecular weight excluding hydrogens is 269 g/mol. The van der Waals surface area contributed by atoms with Gasteiger partial charge in [0.1, 0.15) is 0 Å². The number of nitrogens with zero attached hydrogens (tertiary/aromatic N) is 2. The predicted molar refractivity (Wildman–Crippen MR) is 74.0 cm³/mol. The third kappa shape index (κ3) is 2.80. The smallest absolute Gasteiger partial charge is 0.0802 e. The molecule has 0 aliphatic heterocycles. The number of halogens is 2. The minimum absolute atomic E-state index is 0.102. The van der Waals surface area contributed by atoms with E-state index in [4.69, 9.17) is 23.2 Å². The van der Waals surface area contributed by atoms with Crippen molar-refractivity contribution in [3.8, 4) is 0 Å². The Bertz CT molecular complexity index is 517. The van der Waals surface area contributed by atoms with Crippen LogP contribution in [0.2, 0.25) is 10.0 Å². The molecule has 1 N–H and O–H groups in total. The standard InChI is InChI=1S/C13H13Cl2N3/c1-2-17-13(11-8-16-6-7-18-11)9-4-3-5-10(14)12(9)15/h3-8,13,17H,2H2,1H3. The Morgan fingerprint density at radius 2 is 2.11 bits per heavy atom. The SMILES string of the molecule is CCNC(c1cnccn1)c1cccc(Cl)c1Cl. The van der Waals surface area contributed by atoms with Gasteiger partial charge in [0.2, 0.25) is 0 Å². The normalized spacial score (nSPS) is 12.4. The Hall–Kier alpha value is -1.16. The van der Waals surface area contributed by atoms with Crippen LogP contribution >= 0.6 is 23.2 Å². The van der Waals surface area contributed by atoms with Crippen LogP contribution in [0.25, 0.3) is 0 Å². The fraction of sp³-hybridized carbons (Fsp3) is 0.231. The number of hydrogen-bond donors (Lipinski definition) is 1. The monoisotopic (exact) mass is 281 g/mol. The Morgan fingerprint density at radius 3 is 2.78 bits per heavy atom. The maximum absolute atomic E-state index is 6.25. The zero-order valence-corrected chi connectivity index (χ0v) is 11.4. The lowest BCUT2D eigenvalue weighted by Gasteiger charge is -2.19. The zero-order chi connectivity index (χ0) is 13.0. The second kappa shape index (κ2) is 6.14. The molecular formula is C13H13Cl2N3. The Labute approximate surface area is 116 Å². The fourth-order valence-electron chi connectivity index (χ4n) is 1.78. The second-order valence-electron chi connectivity index (χ2n) is 3.76. The van der Waals surface area contributed by atoms with Crippen molar-refractivity contribution in [3.05, 3.63) is 58.1 Å². The van der Waals surface area contributed by atoms with Crippen LogP contribution in [-0.4, -0.2) is 16.5 Å². The molecule has 5 heteroatoms. The van der Waals surface area contributed by atoms with Crippen LogP contribution in [0.3, 0.4) is 0 Å². The summed E-state index contributed by atoms with van der Waals surface area (Å²) in [4.78, 5) is 8.40. The highest BCUT2D eigenvalue weighted by molar-refractivity contribution is 6.42. The molecule has 0 spiro atoms. The van der Waals surface area contributed by atoms with E-state index < -0.39 is 0 Å². The molecule has 1 aromatic carbocycles. The molecule has 0 amide bonds. The predicted octanol–water partition coefficient (Wildman–Crippen LogP) is 3.48. The van der Waals surface area contributed by atoms with Gasteiger partial charge in [0, 0.05) is 12.4 Å². The van der Waals surface area contributed by atoms with Crippen LogP contribution in [0.15, 0.2) is 36.8 Å². The molecule has 0 saturated carbocycles. The van der Waals surface area contributed by atoms with E-state index in [1.807, 2.05) is 19.1 Å². The van der Waals surface area contributed by atoms with Crippen molar-refractivity contribution in [3.63, 3.8) is 0 Å². The van der Waals surface area contributed by atoms with Crippen LogP contribution in [0, 0.1) is 0 Å². The van der Waals surface area contributed by atoms with Crippen LogP contribution in [0.1, 0.15) is 24.2 Å². The summed E-state index contributed by atoms with van der Waals surface area (Å²) < 4.78 is 0. The number of aromatic nitrogens is 2. The van der Waals surface area contributed by atoms with E-state index in [-0.39, 0.29) is 6.04 Å². The van der Waals surface area contributed by atoms with Crippen LogP contribution in [-0.2, 0) is 0 Å². The maximum Gasteiger partial charge on any atom is 0.0802 e. The van der Waals surface area contributed by atoms with Crippen molar-refractivity contribution < 1.29 is 0 Å². The first-order valence-corrected chi connectivity index (χ1v) is 6.42. The lowest BCUT2D eigenvalue weighted by molar-refractivity contribution is 0.613. The summed E-state index contributed by atoms with van der Waals surface area (Å²) in [5.41, 5.74) is 1.73. The first kappa shape index (κ1) is 13.3. The van der Waals surface area contributed by atoms with E-state index in [1.165, 1.54) is 0 Å². The molecule has 1 heterocycles. The van der Waals surface area contributed by atoms with Gasteiger partial charge in [-0.2, -0.15) is 0 Å². The van der Waals surface area contributed by atoms with Gasteiger partial charge in [0.25, 0.3) is 0 Å². The molecule has 0 aliphatic rings. The van der Waals surface area contributed by atoms with Gasteiger partial charge in [0.15, 0.2) is 0 Å². The number of hydrogen-bond acceptors (Lipinski definition) is 3. The molecule has 1 unspecified atom stereocenters. The van der Waals surface area contributed by atoms with Crippen molar-refractivity contribution >= 4 is 23.2 Å². The summed E-state index contributed by atoms with van der Waals surface area (Å²) in [5.74, 6) is 0. The van der Waals surface area contributed by atoms with Crippen molar-refractivity contribution in [2.45, 2.75) is 13.0 Å². The fourth-order valence-corrected chi connectivity index (χ4v) is 2.20. The molecule has 0 radical (unpaired) electrons. The van der Waals surface area contributed by atoms with Crippen molar-refractivity contribution in [1.29, 1.82) is 0 Å². The molecule has 3 nitrogen and oxygen atoms in total. The third-order valence-electron chi connectivity index (χ3n) is 2.58. The summed E-state index contributed by atoms with van der Waals surface area (Å²) in [7, 11) is 0. The molecule has 0 bridgehead atoms. The summed E-state index contributed by atoms with van der Waals surface area (Å²) in [6.45, 7) is 2.83. The molecule has 1 atom stereocenters. The second-order valence-corrected chi connectivity index (χ2v) is 4.55. The van der Waals surface area contributed by atoms with Crippen LogP contribution < -0.4 is 5.32 Å². The minimum atomic E-state index is -0.102. The molecule has 94 valence electrons. The van der Waals surface area contributed by atoms with Gasteiger partial charge < -0.3 is 5.32 Å². The van der Waals surface area contributed by atoms with E-state index in [0.717, 1.165) is 17.8 Å². The first-order chi connectivity index (χ1) is 8.74. The highest BCUT2D eigenvalue weighted by atomic mass is 35.5. The van der Waals surface area contributed by atoms with Gasteiger partial charge in [-0.05, 0) is 18.2 Å². The van der Waals surface area contributed by atoms with E-state index in [2.05, 4.69) is 15.3 Å². The van der Waals surface area contributed by atoms with Gasteiger partial charge >= 0.3 is 0 Å². The summed E-state index contributed by atoms with van der Waals surface area (Å²) in [6, 6.07) is 5.49. The summed E-state index contributed by atoms with van der Waals surface area (Å²) >= 11 is 12.3. The van der Waals surface area contributed by atoms with Crippen LogP contribution in [0.5, 0.6) is 0 Å². The van der Waals surface area contributed by atoms with E-state index in [9.17, 15) is 0 Å². The molecule has 2 aromatic rings. The molecule has 0 saturated heterocycles. The largest absolute Gasteiger partial charge is 0.305 e. The molecule has 2 rings (SSSR count). The van der Waals surface area contributed by atoms with Crippen molar-refractivity contribution in [2.75, 3.05) is 6.54 Å². The molecule has 0 fully saturated rings. The maximum atomic E-state index is 6.25. The average molecular weight is 282 g/mol. The molecule has 1 aromatic heterocycles. The van der Waals surface area contributed by atoms with Gasteiger partial charge in [-0.15, -0.1) is 0 Å². The van der Waals surface area contributed by atoms with Crippen molar-refractivity contribution in [2.24, 2.45) is 0 Å². The minimum Gasteiger partial charge on any atom is -0.305 e. The van der Waals surface area contributed by atoms with Gasteiger partial charge in [0.05, 0.1) is 28.0 Å². The zero-order valence-electron chi connectivity index (χ0n) is 9.90. The highest BCUT2D eigenvalue weighted by Gasteiger charge is 2.18. The third-order valence-corrected chi connectivity index (χ3v) is 3.41. The topological polar surface area (TPSA) is 37.8 Å². The number of nitrogens with one attached hydrogen (secondary N) is 1. The number of rotatable bonds is 4. The van der Waals surface area contributed by atoms with E-state index >= 15 is 0 Å². The Balaban J connectivity index is 2.45. The summed E-state index contributed by atoms with van der Waals surface area (Å²) in [6.07, 6.45) is 5.04. The lowest BCUT2D eigenvalue weighted by atomic mass is 10.0. The lowest BCUT2D eigenvalue weighted by Crippen LogP contribution is -2.23. The van der Waals surface area contributed by atoms with Gasteiger partial charge in [-0.1, -0.05) is 42.3 Å². The highest BCUT2D eigenvalue weighted by Crippen LogP contribution is 2.32.